The molecule has 0 bridgehead atoms. The summed E-state index contributed by atoms with van der Waals surface area (Å²) in [6.45, 7) is 4.44. The van der Waals surface area contributed by atoms with E-state index in [-0.39, 0.29) is 10.8 Å². The Morgan fingerprint density at radius 3 is 2.52 bits per heavy atom. The summed E-state index contributed by atoms with van der Waals surface area (Å²) in [4.78, 5) is 11.8. The Morgan fingerprint density at radius 1 is 1.16 bits per heavy atom. The number of benzene rings is 2. The molecule has 2 aromatic carbocycles. The van der Waals surface area contributed by atoms with Gasteiger partial charge in [0.05, 0.1) is 10.6 Å². The molecule has 1 unspecified atom stereocenters. The standard InChI is InChI=1S/C20H23NO3S/c1-3-4-6-16-13-21(19-8-5-7-17(14-22)20(16)19)25(23,24)18-11-9-15(2)10-12-18/h5,7-12,14,16H,3-4,6,13H2,1-2H3. The van der Waals surface area contributed by atoms with Gasteiger partial charge in [0.15, 0.2) is 0 Å². The van der Waals surface area contributed by atoms with Crippen LogP contribution in [0.25, 0.3) is 0 Å². The maximum absolute atomic E-state index is 13.2. The molecule has 0 saturated heterocycles. The number of aldehydes is 1. The zero-order valence-corrected chi connectivity index (χ0v) is 15.4. The highest BCUT2D eigenvalue weighted by molar-refractivity contribution is 7.92. The van der Waals surface area contributed by atoms with E-state index in [0.29, 0.717) is 17.8 Å². The van der Waals surface area contributed by atoms with Gasteiger partial charge < -0.3 is 0 Å². The van der Waals surface area contributed by atoms with E-state index in [1.165, 1.54) is 4.31 Å². The molecule has 4 nitrogen and oxygen atoms in total. The van der Waals surface area contributed by atoms with Crippen LogP contribution >= 0.6 is 0 Å². The second kappa shape index (κ2) is 7.00. The van der Waals surface area contributed by atoms with Crippen LogP contribution in [0, 0.1) is 6.92 Å². The SMILES string of the molecule is CCCCC1CN(S(=O)(=O)c2ccc(C)cc2)c2cccc(C=O)c21. The van der Waals surface area contributed by atoms with Crippen molar-refractivity contribution in [2.75, 3.05) is 10.8 Å². The summed E-state index contributed by atoms with van der Waals surface area (Å²) >= 11 is 0. The lowest BCUT2D eigenvalue weighted by Gasteiger charge is -2.20. The highest BCUT2D eigenvalue weighted by Gasteiger charge is 2.37. The second-order valence-electron chi connectivity index (χ2n) is 6.59. The molecule has 2 aromatic rings. The molecule has 0 aromatic heterocycles. The third kappa shape index (κ3) is 3.21. The predicted octanol–water partition coefficient (Wildman–Crippen LogP) is 4.29. The molecule has 0 fully saturated rings. The summed E-state index contributed by atoms with van der Waals surface area (Å²) < 4.78 is 27.8. The van der Waals surface area contributed by atoms with E-state index in [0.717, 1.165) is 36.7 Å². The van der Waals surface area contributed by atoms with Crippen molar-refractivity contribution in [3.8, 4) is 0 Å². The first-order chi connectivity index (χ1) is 12.0. The fourth-order valence-electron chi connectivity index (χ4n) is 3.48. The van der Waals surface area contributed by atoms with E-state index >= 15 is 0 Å². The van der Waals surface area contributed by atoms with Crippen LogP contribution in [0.4, 0.5) is 5.69 Å². The van der Waals surface area contributed by atoms with Crippen molar-refractivity contribution in [3.63, 3.8) is 0 Å². The average Bonchev–Trinajstić information content (AvgIpc) is 3.00. The van der Waals surface area contributed by atoms with E-state index in [9.17, 15) is 13.2 Å². The van der Waals surface area contributed by atoms with E-state index in [1.54, 1.807) is 42.5 Å². The number of rotatable bonds is 6. The van der Waals surface area contributed by atoms with Crippen molar-refractivity contribution in [1.82, 2.24) is 0 Å². The Kier molecular flexibility index (Phi) is 4.95. The zero-order chi connectivity index (χ0) is 18.0. The summed E-state index contributed by atoms with van der Waals surface area (Å²) in [6.07, 6.45) is 3.77. The Hall–Kier alpha value is -2.14. The van der Waals surface area contributed by atoms with E-state index in [2.05, 4.69) is 6.92 Å². The molecule has 5 heteroatoms. The topological polar surface area (TPSA) is 54.5 Å². The average molecular weight is 357 g/mol. The molecule has 0 aliphatic carbocycles. The first-order valence-electron chi connectivity index (χ1n) is 8.66. The van der Waals surface area contributed by atoms with Gasteiger partial charge in [-0.1, -0.05) is 49.6 Å². The molecule has 3 rings (SSSR count). The monoisotopic (exact) mass is 357 g/mol. The van der Waals surface area contributed by atoms with Gasteiger partial charge in [0.1, 0.15) is 6.29 Å². The van der Waals surface area contributed by atoms with Crippen molar-refractivity contribution in [2.45, 2.75) is 43.9 Å². The molecule has 0 radical (unpaired) electrons. The van der Waals surface area contributed by atoms with Crippen LogP contribution in [0.2, 0.25) is 0 Å². The normalized spacial score (nSPS) is 16.7. The molecule has 1 atom stereocenters. The molecule has 1 aliphatic rings. The number of nitrogens with zero attached hydrogens (tertiary/aromatic N) is 1. The van der Waals surface area contributed by atoms with Gasteiger partial charge in [-0.25, -0.2) is 8.42 Å². The Bertz CT molecular complexity index is 872. The highest BCUT2D eigenvalue weighted by Crippen LogP contribution is 2.43. The van der Waals surface area contributed by atoms with Crippen LogP contribution in [0.15, 0.2) is 47.4 Å². The number of anilines is 1. The number of sulfonamides is 1. The third-order valence-corrected chi connectivity index (χ3v) is 6.62. The molecule has 132 valence electrons. The van der Waals surface area contributed by atoms with Gasteiger partial charge in [-0.05, 0) is 37.1 Å². The number of carbonyl (C=O) groups is 1. The molecule has 0 N–H and O–H groups in total. The lowest BCUT2D eigenvalue weighted by molar-refractivity contribution is 0.112. The summed E-state index contributed by atoms with van der Waals surface area (Å²) in [5.41, 5.74) is 3.14. The molecule has 25 heavy (non-hydrogen) atoms. The molecule has 1 aliphatic heterocycles. The van der Waals surface area contributed by atoms with Crippen molar-refractivity contribution in [1.29, 1.82) is 0 Å². The van der Waals surface area contributed by atoms with Crippen LogP contribution in [-0.4, -0.2) is 21.2 Å². The lowest BCUT2D eigenvalue weighted by atomic mass is 9.92. The van der Waals surface area contributed by atoms with Gasteiger partial charge >= 0.3 is 0 Å². The van der Waals surface area contributed by atoms with Gasteiger partial charge in [0, 0.05) is 18.0 Å². The minimum atomic E-state index is -3.63. The first-order valence-corrected chi connectivity index (χ1v) is 10.1. The van der Waals surface area contributed by atoms with Gasteiger partial charge in [-0.2, -0.15) is 0 Å². The minimum Gasteiger partial charge on any atom is -0.298 e. The Labute approximate surface area is 149 Å². The van der Waals surface area contributed by atoms with Crippen molar-refractivity contribution < 1.29 is 13.2 Å². The molecule has 0 saturated carbocycles. The van der Waals surface area contributed by atoms with Crippen LogP contribution in [0.1, 0.15) is 53.6 Å². The van der Waals surface area contributed by atoms with Gasteiger partial charge in [-0.15, -0.1) is 0 Å². The van der Waals surface area contributed by atoms with E-state index < -0.39 is 10.0 Å². The maximum Gasteiger partial charge on any atom is 0.264 e. The number of unbranched alkanes of at least 4 members (excludes halogenated alkanes) is 1. The highest BCUT2D eigenvalue weighted by atomic mass is 32.2. The maximum atomic E-state index is 13.2. The molecule has 0 spiro atoms. The Morgan fingerprint density at radius 2 is 1.88 bits per heavy atom. The number of hydrogen-bond donors (Lipinski definition) is 0. The second-order valence-corrected chi connectivity index (χ2v) is 8.45. The number of hydrogen-bond acceptors (Lipinski definition) is 3. The van der Waals surface area contributed by atoms with Crippen LogP contribution in [-0.2, 0) is 10.0 Å². The fraction of sp³-hybridized carbons (Fsp3) is 0.350. The fourth-order valence-corrected chi connectivity index (χ4v) is 5.01. The number of carbonyl (C=O) groups excluding carboxylic acids is 1. The van der Waals surface area contributed by atoms with Crippen LogP contribution in [0.5, 0.6) is 0 Å². The van der Waals surface area contributed by atoms with Crippen molar-refractivity contribution in [2.24, 2.45) is 0 Å². The molecular formula is C20H23NO3S. The quantitative estimate of drug-likeness (QED) is 0.725. The minimum absolute atomic E-state index is 0.0663. The third-order valence-electron chi connectivity index (χ3n) is 4.82. The van der Waals surface area contributed by atoms with E-state index in [1.807, 2.05) is 6.92 Å². The summed E-state index contributed by atoms with van der Waals surface area (Å²) in [5.74, 6) is 0.0663. The van der Waals surface area contributed by atoms with Crippen molar-refractivity contribution in [3.05, 3.63) is 59.2 Å². The van der Waals surface area contributed by atoms with Gasteiger partial charge in [-0.3, -0.25) is 9.10 Å². The zero-order valence-electron chi connectivity index (χ0n) is 14.6. The molecular weight excluding hydrogens is 334 g/mol. The predicted molar refractivity (Wildman–Crippen MR) is 99.8 cm³/mol. The van der Waals surface area contributed by atoms with Gasteiger partial charge in [0.25, 0.3) is 10.0 Å². The van der Waals surface area contributed by atoms with Crippen molar-refractivity contribution >= 4 is 22.0 Å². The number of fused-ring (bicyclic) bond motifs is 1. The largest absolute Gasteiger partial charge is 0.298 e. The number of aryl methyl sites for hydroxylation is 1. The first kappa shape index (κ1) is 17.7. The summed E-state index contributed by atoms with van der Waals surface area (Å²) in [5, 5.41) is 0. The van der Waals surface area contributed by atoms with Crippen LogP contribution < -0.4 is 4.31 Å². The molecule has 1 heterocycles. The summed E-state index contributed by atoms with van der Waals surface area (Å²) in [6, 6.07) is 12.2. The van der Waals surface area contributed by atoms with Crippen LogP contribution in [0.3, 0.4) is 0 Å². The van der Waals surface area contributed by atoms with E-state index in [4.69, 9.17) is 0 Å². The smallest absolute Gasteiger partial charge is 0.264 e. The molecule has 0 amide bonds. The van der Waals surface area contributed by atoms with Gasteiger partial charge in [0.2, 0.25) is 0 Å². The lowest BCUT2D eigenvalue weighted by Crippen LogP contribution is -2.30. The Balaban J connectivity index is 2.07. The summed E-state index contributed by atoms with van der Waals surface area (Å²) in [7, 11) is -3.63.